The zero-order valence-corrected chi connectivity index (χ0v) is 19.9. The zero-order chi connectivity index (χ0) is 23.6. The summed E-state index contributed by atoms with van der Waals surface area (Å²) in [4.78, 5) is 48.3. The lowest BCUT2D eigenvalue weighted by Gasteiger charge is -2.22. The molecule has 0 saturated heterocycles. The van der Waals surface area contributed by atoms with Crippen LogP contribution >= 0.6 is 0 Å². The Balaban J connectivity index is 4.82. The highest BCUT2D eigenvalue weighted by Gasteiger charge is 2.22. The van der Waals surface area contributed by atoms with Crippen LogP contribution in [-0.4, -0.2) is 75.7 Å². The van der Waals surface area contributed by atoms with Crippen LogP contribution in [0.2, 0.25) is 0 Å². The normalized spacial score (nSPS) is 13.8. The van der Waals surface area contributed by atoms with E-state index < -0.39 is 6.04 Å². The Morgan fingerprint density at radius 3 is 1.48 bits per heavy atom. The Morgan fingerprint density at radius 2 is 1.03 bits per heavy atom. The first kappa shape index (κ1) is 29.2. The molecule has 0 radical (unpaired) electrons. The molecule has 0 spiro atoms. The minimum atomic E-state index is -0.560. The molecule has 3 unspecified atom stereocenters. The number of ketones is 2. The largest absolute Gasteiger partial charge is 0.353 e. The van der Waals surface area contributed by atoms with Crippen LogP contribution in [0.5, 0.6) is 0 Å². The third-order valence-electron chi connectivity index (χ3n) is 5.03. The van der Waals surface area contributed by atoms with Crippen LogP contribution in [0, 0.1) is 0 Å². The smallest absolute Gasteiger partial charge is 0.222 e. The molecule has 31 heavy (non-hydrogen) atoms. The molecular formula is C22H43N5O4. The molecule has 0 fully saturated rings. The molecule has 0 aromatic rings. The van der Waals surface area contributed by atoms with Crippen LogP contribution in [0.1, 0.15) is 65.2 Å². The number of amides is 2. The van der Waals surface area contributed by atoms with Crippen LogP contribution in [0.4, 0.5) is 0 Å². The zero-order valence-electron chi connectivity index (χ0n) is 19.9. The van der Waals surface area contributed by atoms with E-state index in [1.807, 2.05) is 21.1 Å². The van der Waals surface area contributed by atoms with Crippen molar-refractivity contribution in [1.82, 2.24) is 26.6 Å². The third kappa shape index (κ3) is 16.5. The van der Waals surface area contributed by atoms with E-state index in [1.165, 1.54) is 13.8 Å². The molecule has 3 atom stereocenters. The summed E-state index contributed by atoms with van der Waals surface area (Å²) in [5, 5.41) is 15.0. The van der Waals surface area contributed by atoms with Gasteiger partial charge in [0.1, 0.15) is 11.6 Å². The van der Waals surface area contributed by atoms with Gasteiger partial charge in [-0.1, -0.05) is 0 Å². The first-order valence-electron chi connectivity index (χ1n) is 11.3. The van der Waals surface area contributed by atoms with E-state index in [-0.39, 0.29) is 61.1 Å². The molecule has 0 aliphatic heterocycles. The van der Waals surface area contributed by atoms with Crippen molar-refractivity contribution in [2.45, 2.75) is 83.3 Å². The summed E-state index contributed by atoms with van der Waals surface area (Å²) >= 11 is 0. The van der Waals surface area contributed by atoms with Gasteiger partial charge in [-0.2, -0.15) is 0 Å². The molecule has 2 amide bonds. The van der Waals surface area contributed by atoms with Crippen molar-refractivity contribution in [2.75, 3.05) is 34.2 Å². The van der Waals surface area contributed by atoms with Gasteiger partial charge in [-0.25, -0.2) is 0 Å². The molecule has 9 heteroatoms. The Labute approximate surface area is 187 Å². The minimum absolute atomic E-state index is 0.00965. The topological polar surface area (TPSA) is 128 Å². The average molecular weight is 442 g/mol. The molecule has 180 valence electrons. The van der Waals surface area contributed by atoms with Gasteiger partial charge in [0.25, 0.3) is 0 Å². The summed E-state index contributed by atoms with van der Waals surface area (Å²) in [5.74, 6) is -0.523. The van der Waals surface area contributed by atoms with Crippen molar-refractivity contribution in [3.63, 3.8) is 0 Å². The van der Waals surface area contributed by atoms with Crippen molar-refractivity contribution < 1.29 is 19.2 Å². The van der Waals surface area contributed by atoms with E-state index in [9.17, 15) is 19.2 Å². The van der Waals surface area contributed by atoms with Gasteiger partial charge in [0, 0.05) is 43.8 Å². The lowest BCUT2D eigenvalue weighted by Crippen LogP contribution is -2.44. The second kappa shape index (κ2) is 17.8. The van der Waals surface area contributed by atoms with Gasteiger partial charge in [-0.05, 0) is 73.8 Å². The number of carbonyl (C=O) groups excluding carboxylic acids is 4. The second-order valence-corrected chi connectivity index (χ2v) is 8.23. The van der Waals surface area contributed by atoms with Crippen molar-refractivity contribution in [3.8, 4) is 0 Å². The maximum atomic E-state index is 12.6. The lowest BCUT2D eigenvalue weighted by atomic mass is 10.0. The molecule has 0 aliphatic rings. The fourth-order valence-corrected chi connectivity index (χ4v) is 3.51. The number of hydrogen-bond donors (Lipinski definition) is 5. The van der Waals surface area contributed by atoms with Gasteiger partial charge in [0.2, 0.25) is 11.8 Å². The minimum Gasteiger partial charge on any atom is -0.353 e. The van der Waals surface area contributed by atoms with Crippen LogP contribution in [0.25, 0.3) is 0 Å². The Kier molecular flexibility index (Phi) is 16.7. The van der Waals surface area contributed by atoms with Crippen molar-refractivity contribution in [3.05, 3.63) is 0 Å². The molecular weight excluding hydrogens is 398 g/mol. The number of hydrogen-bond acceptors (Lipinski definition) is 7. The van der Waals surface area contributed by atoms with E-state index in [0.717, 1.165) is 32.4 Å². The fourth-order valence-electron chi connectivity index (χ4n) is 3.51. The second-order valence-electron chi connectivity index (χ2n) is 8.23. The molecule has 0 rings (SSSR count). The number of carbonyl (C=O) groups is 4. The highest BCUT2D eigenvalue weighted by Crippen LogP contribution is 2.07. The fraction of sp³-hybridized carbons (Fsp3) is 0.818. The van der Waals surface area contributed by atoms with E-state index in [1.54, 1.807) is 0 Å². The first-order valence-corrected chi connectivity index (χ1v) is 11.3. The maximum absolute atomic E-state index is 12.6. The first-order chi connectivity index (χ1) is 14.7. The number of Topliss-reactive ketones (excluding diaryl/α,β-unsaturated/α-hetero) is 2. The lowest BCUT2D eigenvalue weighted by molar-refractivity contribution is -0.124. The molecule has 0 bridgehead atoms. The van der Waals surface area contributed by atoms with Gasteiger partial charge in [-0.3, -0.25) is 19.2 Å². The number of nitrogens with one attached hydrogen (secondary N) is 5. The van der Waals surface area contributed by atoms with Gasteiger partial charge >= 0.3 is 0 Å². The summed E-state index contributed by atoms with van der Waals surface area (Å²) in [6.45, 7) is 4.63. The average Bonchev–Trinajstić information content (AvgIpc) is 2.66. The summed E-state index contributed by atoms with van der Waals surface area (Å²) in [5.41, 5.74) is 0. The van der Waals surface area contributed by atoms with Crippen molar-refractivity contribution in [2.24, 2.45) is 0 Å². The van der Waals surface area contributed by atoms with E-state index in [0.29, 0.717) is 6.42 Å². The molecule has 0 aromatic carbocycles. The van der Waals surface area contributed by atoms with Crippen LogP contribution in [0.15, 0.2) is 0 Å². The van der Waals surface area contributed by atoms with Gasteiger partial charge in [0.15, 0.2) is 0 Å². The van der Waals surface area contributed by atoms with Crippen LogP contribution in [-0.2, 0) is 19.2 Å². The standard InChI is InChI=1S/C22H43N5O4/c1-16(28)12-19(9-7-11-24-4)26-22(31)15-20(13-17(2)29)27-21(30)14-18(25-5)8-6-10-23-3/h18-20,23-25H,6-15H2,1-5H3,(H,26,31)(H,27,30). The monoisotopic (exact) mass is 441 g/mol. The van der Waals surface area contributed by atoms with Gasteiger partial charge in [-0.15, -0.1) is 0 Å². The van der Waals surface area contributed by atoms with Crippen molar-refractivity contribution in [1.29, 1.82) is 0 Å². The van der Waals surface area contributed by atoms with E-state index >= 15 is 0 Å². The Morgan fingerprint density at radius 1 is 0.613 bits per heavy atom. The summed E-state index contributed by atoms with van der Waals surface area (Å²) in [6.07, 6.45) is 3.98. The molecule has 0 heterocycles. The third-order valence-corrected chi connectivity index (χ3v) is 5.03. The van der Waals surface area contributed by atoms with Gasteiger partial charge in [0.05, 0.1) is 0 Å². The summed E-state index contributed by atoms with van der Waals surface area (Å²) in [7, 11) is 5.56. The van der Waals surface area contributed by atoms with E-state index in [2.05, 4.69) is 26.6 Å². The van der Waals surface area contributed by atoms with E-state index in [4.69, 9.17) is 0 Å². The molecule has 9 nitrogen and oxygen atoms in total. The summed E-state index contributed by atoms with van der Waals surface area (Å²) in [6, 6.07) is -0.768. The molecule has 0 saturated carbocycles. The quantitative estimate of drug-likeness (QED) is 0.182. The Bertz CT molecular complexity index is 556. The summed E-state index contributed by atoms with van der Waals surface area (Å²) < 4.78 is 0. The highest BCUT2D eigenvalue weighted by atomic mass is 16.2. The Hall–Kier alpha value is -1.84. The number of rotatable bonds is 19. The predicted octanol–water partition coefficient (Wildman–Crippen LogP) is 0.282. The highest BCUT2D eigenvalue weighted by molar-refractivity contribution is 5.83. The van der Waals surface area contributed by atoms with Crippen LogP contribution < -0.4 is 26.6 Å². The van der Waals surface area contributed by atoms with Crippen LogP contribution in [0.3, 0.4) is 0 Å². The molecule has 0 aromatic heterocycles. The molecule has 0 aliphatic carbocycles. The SMILES string of the molecule is CNCCCC(CC(=O)NC(CC(C)=O)CC(=O)NC(CCCNC)CC(C)=O)NC. The predicted molar refractivity (Wildman–Crippen MR) is 123 cm³/mol. The molecule has 5 N–H and O–H groups in total. The van der Waals surface area contributed by atoms with Crippen molar-refractivity contribution >= 4 is 23.4 Å². The van der Waals surface area contributed by atoms with Gasteiger partial charge < -0.3 is 26.6 Å². The maximum Gasteiger partial charge on any atom is 0.222 e.